The fourth-order valence-corrected chi connectivity index (χ4v) is 2.57. The van der Waals surface area contributed by atoms with Gasteiger partial charge in [-0.1, -0.05) is 0 Å². The number of anilines is 1. The number of imidazole rings is 1. The number of hydrogen-bond donors (Lipinski definition) is 13. The molecule has 4 atom stereocenters. The number of thiol groups is 1. The van der Waals surface area contributed by atoms with Gasteiger partial charge >= 0.3 is 23.5 Å². The second-order valence-corrected chi connectivity index (χ2v) is 9.53. The number of hydrogen-bond acceptors (Lipinski definition) is 11. The van der Waals surface area contributed by atoms with Crippen LogP contribution < -0.4 is 5.73 Å². The number of aliphatic hydroxyl groups is 2. The lowest BCUT2D eigenvalue weighted by Gasteiger charge is -2.16. The summed E-state index contributed by atoms with van der Waals surface area (Å²) in [5.41, 5.74) is 6.68. The van der Waals surface area contributed by atoms with E-state index in [1.54, 1.807) is 4.57 Å². The van der Waals surface area contributed by atoms with Gasteiger partial charge in [-0.25, -0.2) is 28.6 Å². The molecule has 1 aliphatic heterocycles. The van der Waals surface area contributed by atoms with Gasteiger partial charge in [0.2, 0.25) is 0 Å². The largest absolute Gasteiger partial charge is 0.466 e. The molecule has 1 aliphatic rings. The molecule has 198 valence electrons. The van der Waals surface area contributed by atoms with Crippen LogP contribution in [0.5, 0.6) is 0 Å². The van der Waals surface area contributed by atoms with Crippen LogP contribution in [0.4, 0.5) is 5.82 Å². The highest BCUT2D eigenvalue weighted by Crippen LogP contribution is 2.34. The topological polar surface area (TPSA) is 353 Å². The Morgan fingerprint density at radius 3 is 1.76 bits per heavy atom. The first-order valence-corrected chi connectivity index (χ1v) is 13.2. The minimum Gasteiger partial charge on any atom is -0.394 e. The van der Waals surface area contributed by atoms with Gasteiger partial charge in [0.1, 0.15) is 17.9 Å². The second kappa shape index (κ2) is 13.3. The van der Waals surface area contributed by atoms with Gasteiger partial charge in [0.05, 0.1) is 24.3 Å². The molecule has 3 rings (SSSR count). The third kappa shape index (κ3) is 14.3. The van der Waals surface area contributed by atoms with Crippen LogP contribution in [-0.2, 0) is 18.4 Å². The van der Waals surface area contributed by atoms with E-state index in [0.717, 1.165) is 0 Å². The molecule has 1 fully saturated rings. The van der Waals surface area contributed by atoms with Crippen LogP contribution in [0.25, 0.3) is 11.2 Å². The van der Waals surface area contributed by atoms with Gasteiger partial charge in [0.25, 0.3) is 0 Å². The highest BCUT2D eigenvalue weighted by atomic mass is 32.1. The molecule has 2 aromatic rings. The number of aromatic nitrogens is 4. The summed E-state index contributed by atoms with van der Waals surface area (Å²) in [6, 6.07) is 0. The van der Waals surface area contributed by atoms with Crippen molar-refractivity contribution in [3.63, 3.8) is 0 Å². The van der Waals surface area contributed by atoms with Gasteiger partial charge in [0.15, 0.2) is 17.7 Å². The highest BCUT2D eigenvalue weighted by Gasteiger charge is 2.42. The molecule has 0 bridgehead atoms. The van der Waals surface area contributed by atoms with Crippen molar-refractivity contribution in [2.75, 3.05) is 12.3 Å². The van der Waals surface area contributed by atoms with Crippen LogP contribution in [0.1, 0.15) is 6.23 Å². The fourth-order valence-electron chi connectivity index (χ4n) is 2.17. The average Bonchev–Trinajstić information content (AvgIpc) is 3.13. The van der Waals surface area contributed by atoms with E-state index in [4.69, 9.17) is 73.3 Å². The summed E-state index contributed by atoms with van der Waals surface area (Å²) in [7, 11) is -13.9. The lowest BCUT2D eigenvalue weighted by Crippen LogP contribution is -2.30. The molecule has 0 saturated carbocycles. The van der Waals surface area contributed by atoms with Crippen molar-refractivity contribution in [2.24, 2.45) is 0 Å². The van der Waals surface area contributed by atoms with Crippen LogP contribution in [0, 0.1) is 0 Å². The zero-order chi connectivity index (χ0) is 27.1. The molecule has 34 heavy (non-hydrogen) atoms. The third-order valence-corrected chi connectivity index (χ3v) is 3.74. The molecule has 20 nitrogen and oxygen atoms in total. The van der Waals surface area contributed by atoms with Crippen LogP contribution >= 0.6 is 36.1 Å². The lowest BCUT2D eigenvalue weighted by atomic mass is 10.2. The Kier molecular flexibility index (Phi) is 12.9. The Balaban J connectivity index is 0.000000599. The molecule has 0 aliphatic carbocycles. The first kappa shape index (κ1) is 32.9. The van der Waals surface area contributed by atoms with Crippen LogP contribution in [0.2, 0.25) is 0 Å². The van der Waals surface area contributed by atoms with E-state index in [1.165, 1.54) is 12.7 Å². The number of nitrogen functional groups attached to an aromatic ring is 1. The first-order valence-electron chi connectivity index (χ1n) is 8.03. The minimum atomic E-state index is -4.64. The van der Waals surface area contributed by atoms with E-state index in [0.29, 0.717) is 11.2 Å². The molecule has 0 spiro atoms. The van der Waals surface area contributed by atoms with E-state index in [2.05, 4.69) is 27.6 Å². The Morgan fingerprint density at radius 2 is 1.38 bits per heavy atom. The molecule has 2 aromatic heterocycles. The van der Waals surface area contributed by atoms with Crippen molar-refractivity contribution in [1.29, 1.82) is 0 Å². The zero-order valence-corrected chi connectivity index (χ0v) is 20.0. The molecule has 13 N–H and O–H groups in total. The molecule has 0 radical (unpaired) electrons. The maximum atomic E-state index is 9.90. The highest BCUT2D eigenvalue weighted by molar-refractivity contribution is 7.81. The van der Waals surface area contributed by atoms with Gasteiger partial charge < -0.3 is 64.7 Å². The molecule has 24 heteroatoms. The maximum absolute atomic E-state index is 9.90. The number of ether oxygens (including phenoxy) is 1. The molecular weight excluding hydrogens is 555 g/mol. The Labute approximate surface area is 194 Å². The Morgan fingerprint density at radius 1 is 0.941 bits per heavy atom. The third-order valence-electron chi connectivity index (χ3n) is 3.18. The van der Waals surface area contributed by atoms with Crippen molar-refractivity contribution >= 4 is 53.1 Å². The molecule has 0 aromatic carbocycles. The van der Waals surface area contributed by atoms with Crippen molar-refractivity contribution in [3.8, 4) is 0 Å². The van der Waals surface area contributed by atoms with Crippen LogP contribution in [0.15, 0.2) is 12.7 Å². The monoisotopic (exact) mass is 577 g/mol. The summed E-state index contributed by atoms with van der Waals surface area (Å²) in [6.45, 7) is -0.279. The van der Waals surface area contributed by atoms with Crippen LogP contribution in [0.3, 0.4) is 0 Å². The van der Waals surface area contributed by atoms with Crippen molar-refractivity contribution in [1.82, 2.24) is 19.5 Å². The average molecular weight is 577 g/mol. The summed E-state index contributed by atoms with van der Waals surface area (Å²) in [4.78, 5) is 76.8. The van der Waals surface area contributed by atoms with E-state index >= 15 is 0 Å². The number of rotatable bonds is 2. The van der Waals surface area contributed by atoms with Crippen molar-refractivity contribution < 1.29 is 72.7 Å². The SMILES string of the molecule is Nc1ncnc2c1ncn2[C@@H]1O[C@H](CO)[C@@H](O)[C@H]1S.O=P(O)(O)O.O=P(O)(O)O.O=P(O)(O)O. The van der Waals surface area contributed by atoms with Crippen molar-refractivity contribution in [2.45, 2.75) is 23.7 Å². The fraction of sp³-hybridized carbons (Fsp3) is 0.500. The lowest BCUT2D eigenvalue weighted by molar-refractivity contribution is -0.0430. The molecule has 3 heterocycles. The number of nitrogens with two attached hydrogens (primary N) is 1. The summed E-state index contributed by atoms with van der Waals surface area (Å²) in [6.07, 6.45) is 0.725. The Hall–Kier alpha value is -1.09. The van der Waals surface area contributed by atoms with E-state index in [1.807, 2.05) is 0 Å². The standard InChI is InChI=1S/C10H13N5O3S.3H3O4P/c11-8-5-9(13-2-12-8)15(3-14-5)10-7(19)6(17)4(1-16)18-10;3*1-5(2,3)4/h2-4,6-7,10,16-17,19H,1H2,(H2,11,12,13);3*(H3,1,2,3,4)/t4-,6-,7-,10-;;;/m1.../s1. The van der Waals surface area contributed by atoms with E-state index in [9.17, 15) is 5.11 Å². The first-order chi connectivity index (χ1) is 15.1. The number of aliphatic hydroxyl groups excluding tert-OH is 2. The second-order valence-electron chi connectivity index (χ2n) is 5.85. The molecule has 0 unspecified atom stereocenters. The predicted molar refractivity (Wildman–Crippen MR) is 112 cm³/mol. The quantitative estimate of drug-likeness (QED) is 0.120. The number of nitrogens with zero attached hydrogens (tertiary/aromatic N) is 4. The smallest absolute Gasteiger partial charge is 0.394 e. The predicted octanol–water partition coefficient (Wildman–Crippen LogP) is -3.83. The van der Waals surface area contributed by atoms with Crippen LogP contribution in [-0.4, -0.2) is 97.8 Å². The minimum absolute atomic E-state index is 0.275. The van der Waals surface area contributed by atoms with Gasteiger partial charge in [-0.2, -0.15) is 12.6 Å². The zero-order valence-electron chi connectivity index (χ0n) is 16.4. The van der Waals surface area contributed by atoms with Gasteiger partial charge in [-0.05, 0) is 0 Å². The normalized spacial score (nSPS) is 22.6. The summed E-state index contributed by atoms with van der Waals surface area (Å²) in [5, 5.41) is 18.5. The maximum Gasteiger partial charge on any atom is 0.466 e. The van der Waals surface area contributed by atoms with Crippen molar-refractivity contribution in [3.05, 3.63) is 12.7 Å². The summed E-state index contributed by atoms with van der Waals surface area (Å²) in [5.74, 6) is 0.275. The van der Waals surface area contributed by atoms with E-state index < -0.39 is 47.2 Å². The Bertz CT molecular complexity index is 982. The summed E-state index contributed by atoms with van der Waals surface area (Å²) < 4.78 is 33.8. The molecular formula is C10H22N5O15P3S. The molecule has 1 saturated heterocycles. The van der Waals surface area contributed by atoms with E-state index in [-0.39, 0.29) is 12.4 Å². The number of fused-ring (bicyclic) bond motifs is 1. The van der Waals surface area contributed by atoms with Gasteiger partial charge in [-0.3, -0.25) is 4.57 Å². The molecule has 0 amide bonds. The van der Waals surface area contributed by atoms with Gasteiger partial charge in [0, 0.05) is 0 Å². The number of phosphoric acid groups is 3. The summed E-state index contributed by atoms with van der Waals surface area (Å²) >= 11 is 4.32. The van der Waals surface area contributed by atoms with Gasteiger partial charge in [-0.15, -0.1) is 0 Å².